The molecule has 0 radical (unpaired) electrons. The molecule has 1 amide bonds. The van der Waals surface area contributed by atoms with Gasteiger partial charge in [0.25, 0.3) is 5.91 Å². The summed E-state index contributed by atoms with van der Waals surface area (Å²) in [5.74, 6) is 0.509. The smallest absolute Gasteiger partial charge is 0.251 e. The molecule has 1 N–H and O–H groups in total. The first-order valence-electron chi connectivity index (χ1n) is 6.98. The first kappa shape index (κ1) is 13.8. The Hall–Kier alpha value is -0.650. The van der Waals surface area contributed by atoms with Gasteiger partial charge in [-0.25, -0.2) is 0 Å². The number of amides is 1. The van der Waals surface area contributed by atoms with E-state index in [-0.39, 0.29) is 12.0 Å². The maximum Gasteiger partial charge on any atom is 0.251 e. The van der Waals surface area contributed by atoms with Crippen LogP contribution in [0.4, 0.5) is 0 Å². The van der Waals surface area contributed by atoms with Crippen molar-refractivity contribution in [3.8, 4) is 0 Å². The minimum atomic E-state index is -0.210. The van der Waals surface area contributed by atoms with Crippen molar-refractivity contribution >= 4 is 5.91 Å². The highest BCUT2D eigenvalue weighted by atomic mass is 16.5. The molecule has 5 nitrogen and oxygen atoms in total. The molecule has 5 heteroatoms. The van der Waals surface area contributed by atoms with E-state index in [2.05, 4.69) is 17.1 Å². The predicted molar refractivity (Wildman–Crippen MR) is 70.5 cm³/mol. The van der Waals surface area contributed by atoms with E-state index in [4.69, 9.17) is 4.74 Å². The number of piperazine rings is 1. The fraction of sp³-hybridized carbons (Fsp3) is 0.923. The number of nitrogens with zero attached hydrogens (tertiary/aromatic N) is 2. The average molecular weight is 255 g/mol. The zero-order valence-corrected chi connectivity index (χ0v) is 11.5. The Morgan fingerprint density at radius 3 is 2.78 bits per heavy atom. The van der Waals surface area contributed by atoms with Gasteiger partial charge in [0.05, 0.1) is 0 Å². The zero-order valence-electron chi connectivity index (χ0n) is 11.5. The molecular weight excluding hydrogens is 230 g/mol. The number of hydrogen-bond acceptors (Lipinski definition) is 4. The number of rotatable bonds is 4. The summed E-state index contributed by atoms with van der Waals surface area (Å²) in [5, 5.41) is 3.33. The molecule has 104 valence electrons. The molecule has 2 aliphatic heterocycles. The largest absolute Gasteiger partial charge is 0.368 e. The van der Waals surface area contributed by atoms with Crippen LogP contribution in [-0.2, 0) is 9.53 Å². The van der Waals surface area contributed by atoms with Gasteiger partial charge in [-0.2, -0.15) is 0 Å². The highest BCUT2D eigenvalue weighted by Gasteiger charge is 2.32. The maximum atomic E-state index is 12.2. The molecule has 0 aromatic carbocycles. The van der Waals surface area contributed by atoms with Crippen LogP contribution in [0, 0.1) is 5.92 Å². The standard InChI is InChI=1S/C13H25N3O2/c1-11-3-10-18-12(11)13(17)15(2)8-9-16-6-4-14-5-7-16/h11-12,14H,3-10H2,1-2H3. The molecule has 0 aromatic rings. The average Bonchev–Trinajstić information content (AvgIpc) is 2.82. The lowest BCUT2D eigenvalue weighted by Crippen LogP contribution is -2.47. The van der Waals surface area contributed by atoms with Crippen molar-refractivity contribution in [1.29, 1.82) is 0 Å². The SMILES string of the molecule is CC1CCOC1C(=O)N(C)CCN1CCNCC1. The predicted octanol–water partition coefficient (Wildman–Crippen LogP) is -0.225. The highest BCUT2D eigenvalue weighted by Crippen LogP contribution is 2.21. The van der Waals surface area contributed by atoms with Crippen LogP contribution >= 0.6 is 0 Å². The van der Waals surface area contributed by atoms with Crippen molar-refractivity contribution in [2.24, 2.45) is 5.92 Å². The van der Waals surface area contributed by atoms with Crippen LogP contribution < -0.4 is 5.32 Å². The van der Waals surface area contributed by atoms with Crippen LogP contribution in [0.2, 0.25) is 0 Å². The third kappa shape index (κ3) is 3.43. The van der Waals surface area contributed by atoms with Crippen molar-refractivity contribution in [1.82, 2.24) is 15.1 Å². The van der Waals surface area contributed by atoms with Crippen molar-refractivity contribution in [3.05, 3.63) is 0 Å². The fourth-order valence-corrected chi connectivity index (χ4v) is 2.56. The van der Waals surface area contributed by atoms with Crippen LogP contribution in [0.1, 0.15) is 13.3 Å². The second kappa shape index (κ2) is 6.50. The van der Waals surface area contributed by atoms with Gasteiger partial charge < -0.3 is 15.0 Å². The van der Waals surface area contributed by atoms with E-state index in [0.29, 0.717) is 5.92 Å². The first-order chi connectivity index (χ1) is 8.68. The lowest BCUT2D eigenvalue weighted by atomic mass is 10.0. The molecule has 0 bridgehead atoms. The fourth-order valence-electron chi connectivity index (χ4n) is 2.56. The molecule has 2 atom stereocenters. The topological polar surface area (TPSA) is 44.8 Å². The summed E-state index contributed by atoms with van der Waals surface area (Å²) in [5.41, 5.74) is 0. The Kier molecular flexibility index (Phi) is 4.97. The van der Waals surface area contributed by atoms with Crippen molar-refractivity contribution in [2.75, 3.05) is 52.9 Å². The van der Waals surface area contributed by atoms with Crippen LogP contribution in [0.25, 0.3) is 0 Å². The monoisotopic (exact) mass is 255 g/mol. The molecule has 0 saturated carbocycles. The number of ether oxygens (including phenoxy) is 1. The molecule has 2 aliphatic rings. The van der Waals surface area contributed by atoms with Crippen LogP contribution in [0.5, 0.6) is 0 Å². The quantitative estimate of drug-likeness (QED) is 0.754. The van der Waals surface area contributed by atoms with E-state index in [1.54, 1.807) is 0 Å². The lowest BCUT2D eigenvalue weighted by molar-refractivity contribution is -0.141. The summed E-state index contributed by atoms with van der Waals surface area (Å²) in [4.78, 5) is 16.4. The Morgan fingerprint density at radius 2 is 2.17 bits per heavy atom. The number of carbonyl (C=O) groups is 1. The van der Waals surface area contributed by atoms with Gasteiger partial charge in [-0.05, 0) is 12.3 Å². The summed E-state index contributed by atoms with van der Waals surface area (Å²) < 4.78 is 5.53. The van der Waals surface area contributed by atoms with E-state index in [9.17, 15) is 4.79 Å². The van der Waals surface area contributed by atoms with Gasteiger partial charge in [-0.3, -0.25) is 9.69 Å². The molecule has 2 rings (SSSR count). The Bertz CT molecular complexity index is 279. The van der Waals surface area contributed by atoms with Gasteiger partial charge in [0, 0.05) is 52.9 Å². The molecule has 2 fully saturated rings. The molecule has 18 heavy (non-hydrogen) atoms. The number of hydrogen-bond donors (Lipinski definition) is 1. The van der Waals surface area contributed by atoms with Crippen LogP contribution in [-0.4, -0.2) is 74.7 Å². The Labute approximate surface area is 109 Å². The van der Waals surface area contributed by atoms with Gasteiger partial charge >= 0.3 is 0 Å². The van der Waals surface area contributed by atoms with Gasteiger partial charge in [0.15, 0.2) is 0 Å². The van der Waals surface area contributed by atoms with Gasteiger partial charge in [0.1, 0.15) is 6.10 Å². The minimum Gasteiger partial charge on any atom is -0.368 e. The zero-order chi connectivity index (χ0) is 13.0. The second-order valence-electron chi connectivity index (χ2n) is 5.41. The maximum absolute atomic E-state index is 12.2. The summed E-state index contributed by atoms with van der Waals surface area (Å²) in [6.07, 6.45) is 0.792. The van der Waals surface area contributed by atoms with Crippen molar-refractivity contribution < 1.29 is 9.53 Å². The summed E-state index contributed by atoms with van der Waals surface area (Å²) >= 11 is 0. The van der Waals surface area contributed by atoms with Crippen LogP contribution in [0.15, 0.2) is 0 Å². The Morgan fingerprint density at radius 1 is 1.44 bits per heavy atom. The normalized spacial score (nSPS) is 29.4. The van der Waals surface area contributed by atoms with Crippen molar-refractivity contribution in [3.63, 3.8) is 0 Å². The molecule has 2 heterocycles. The van der Waals surface area contributed by atoms with Gasteiger partial charge in [-0.15, -0.1) is 0 Å². The highest BCUT2D eigenvalue weighted by molar-refractivity contribution is 5.81. The number of likely N-dealkylation sites (N-methyl/N-ethyl adjacent to an activating group) is 1. The minimum absolute atomic E-state index is 0.148. The molecule has 0 aliphatic carbocycles. The second-order valence-corrected chi connectivity index (χ2v) is 5.41. The van der Waals surface area contributed by atoms with E-state index in [1.807, 2.05) is 11.9 Å². The molecular formula is C13H25N3O2. The molecule has 2 saturated heterocycles. The summed E-state index contributed by atoms with van der Waals surface area (Å²) in [6, 6.07) is 0. The van der Waals surface area contributed by atoms with E-state index >= 15 is 0 Å². The van der Waals surface area contributed by atoms with E-state index in [1.165, 1.54) is 0 Å². The Balaban J connectivity index is 1.73. The van der Waals surface area contributed by atoms with Gasteiger partial charge in [0.2, 0.25) is 0 Å². The van der Waals surface area contributed by atoms with Gasteiger partial charge in [-0.1, -0.05) is 6.92 Å². The number of carbonyl (C=O) groups excluding carboxylic acids is 1. The summed E-state index contributed by atoms with van der Waals surface area (Å²) in [7, 11) is 1.89. The number of nitrogens with one attached hydrogen (secondary N) is 1. The molecule has 0 aromatic heterocycles. The van der Waals surface area contributed by atoms with Crippen molar-refractivity contribution in [2.45, 2.75) is 19.4 Å². The third-order valence-corrected chi connectivity index (χ3v) is 3.97. The van der Waals surface area contributed by atoms with Crippen LogP contribution in [0.3, 0.4) is 0 Å². The van der Waals surface area contributed by atoms with E-state index < -0.39 is 0 Å². The van der Waals surface area contributed by atoms with E-state index in [0.717, 1.165) is 52.3 Å². The summed E-state index contributed by atoms with van der Waals surface area (Å²) in [6.45, 7) is 8.86. The first-order valence-corrected chi connectivity index (χ1v) is 6.98. The molecule has 0 spiro atoms. The molecule has 2 unspecified atom stereocenters. The third-order valence-electron chi connectivity index (χ3n) is 3.97. The lowest BCUT2D eigenvalue weighted by Gasteiger charge is -2.30.